The molecule has 0 saturated carbocycles. The lowest BCUT2D eigenvalue weighted by molar-refractivity contribution is -0.389. The lowest BCUT2D eigenvalue weighted by Crippen LogP contribution is -2.30. The van der Waals surface area contributed by atoms with Gasteiger partial charge in [-0.3, -0.25) is 9.48 Å². The Bertz CT molecular complexity index is 674. The summed E-state index contributed by atoms with van der Waals surface area (Å²) in [5.41, 5.74) is 1.95. The van der Waals surface area contributed by atoms with Crippen LogP contribution < -0.4 is 0 Å². The predicted octanol–water partition coefficient (Wildman–Crippen LogP) is 0.492. The number of rotatable bonds is 5. The summed E-state index contributed by atoms with van der Waals surface area (Å²) in [6.45, 7) is 2.32. The Kier molecular flexibility index (Phi) is 4.01. The maximum atomic E-state index is 12.1. The largest absolute Gasteiger partial charge is 0.389 e. The molecule has 0 radical (unpaired) electrons. The molecule has 0 aromatic carbocycles. The zero-order valence-electron chi connectivity index (χ0n) is 12.1. The zero-order valence-corrected chi connectivity index (χ0v) is 12.1. The molecule has 0 spiro atoms. The number of nitrogens with zero attached hydrogens (tertiary/aromatic N) is 6. The highest BCUT2D eigenvalue weighted by molar-refractivity contribution is 5.75. The third-order valence-electron chi connectivity index (χ3n) is 3.28. The molecule has 2 aromatic heterocycles. The van der Waals surface area contributed by atoms with Crippen molar-refractivity contribution in [2.75, 3.05) is 7.05 Å². The highest BCUT2D eigenvalue weighted by Gasteiger charge is 2.17. The van der Waals surface area contributed by atoms with Crippen LogP contribution in [0.5, 0.6) is 0 Å². The lowest BCUT2D eigenvalue weighted by atomic mass is 10.2. The van der Waals surface area contributed by atoms with Crippen LogP contribution in [-0.4, -0.2) is 42.3 Å². The van der Waals surface area contributed by atoms with E-state index in [2.05, 4.69) is 10.2 Å². The minimum absolute atomic E-state index is 0.0380. The van der Waals surface area contributed by atoms with Crippen molar-refractivity contribution in [3.05, 3.63) is 39.8 Å². The molecule has 2 rings (SSSR count). The van der Waals surface area contributed by atoms with Crippen molar-refractivity contribution in [2.45, 2.75) is 20.0 Å². The molecule has 112 valence electrons. The fraction of sp³-hybridized carbons (Fsp3) is 0.417. The highest BCUT2D eigenvalue weighted by atomic mass is 16.6. The van der Waals surface area contributed by atoms with E-state index in [4.69, 9.17) is 0 Å². The van der Waals surface area contributed by atoms with Crippen molar-refractivity contribution in [1.82, 2.24) is 24.5 Å². The zero-order chi connectivity index (χ0) is 15.6. The Morgan fingerprint density at radius 3 is 2.76 bits per heavy atom. The van der Waals surface area contributed by atoms with E-state index in [1.165, 1.54) is 21.8 Å². The second-order valence-electron chi connectivity index (χ2n) is 4.76. The molecular weight excluding hydrogens is 276 g/mol. The van der Waals surface area contributed by atoms with E-state index in [-0.39, 0.29) is 18.3 Å². The first-order chi connectivity index (χ1) is 9.88. The molecule has 21 heavy (non-hydrogen) atoms. The molecule has 0 atom stereocenters. The number of aryl methyl sites for hydroxylation is 1. The van der Waals surface area contributed by atoms with Gasteiger partial charge in [-0.05, 0) is 11.8 Å². The average Bonchev–Trinajstić information content (AvgIpc) is 3.01. The number of carbonyl (C=O) groups is 1. The number of aromatic nitrogens is 4. The van der Waals surface area contributed by atoms with Crippen LogP contribution in [-0.2, 0) is 24.9 Å². The van der Waals surface area contributed by atoms with Gasteiger partial charge in [0.2, 0.25) is 5.91 Å². The monoisotopic (exact) mass is 292 g/mol. The second-order valence-corrected chi connectivity index (χ2v) is 4.76. The second kappa shape index (κ2) is 5.73. The minimum atomic E-state index is -0.594. The fourth-order valence-corrected chi connectivity index (χ4v) is 1.84. The number of carbonyl (C=O) groups excluding carboxylic acids is 1. The van der Waals surface area contributed by atoms with Crippen molar-refractivity contribution >= 4 is 11.7 Å². The average molecular weight is 292 g/mol. The number of likely N-dealkylation sites (N-methyl/N-ethyl adjacent to an activating group) is 1. The molecule has 1 amide bonds. The van der Waals surface area contributed by atoms with Crippen molar-refractivity contribution in [2.24, 2.45) is 7.05 Å². The minimum Gasteiger partial charge on any atom is -0.358 e. The normalized spacial score (nSPS) is 10.6. The third-order valence-corrected chi connectivity index (χ3v) is 3.28. The Balaban J connectivity index is 1.99. The molecule has 9 nitrogen and oxygen atoms in total. The van der Waals surface area contributed by atoms with Gasteiger partial charge in [-0.2, -0.15) is 9.78 Å². The van der Waals surface area contributed by atoms with Gasteiger partial charge in [0.1, 0.15) is 6.54 Å². The van der Waals surface area contributed by atoms with E-state index in [0.717, 1.165) is 11.3 Å². The number of hydrogen-bond acceptors (Lipinski definition) is 5. The Morgan fingerprint density at radius 1 is 1.52 bits per heavy atom. The first kappa shape index (κ1) is 14.7. The summed E-state index contributed by atoms with van der Waals surface area (Å²) >= 11 is 0. The van der Waals surface area contributed by atoms with Gasteiger partial charge in [-0.25, -0.2) is 0 Å². The maximum absolute atomic E-state index is 12.1. The van der Waals surface area contributed by atoms with Gasteiger partial charge in [0.15, 0.2) is 0 Å². The van der Waals surface area contributed by atoms with Gasteiger partial charge in [0.25, 0.3) is 0 Å². The van der Waals surface area contributed by atoms with Crippen molar-refractivity contribution < 1.29 is 9.72 Å². The van der Waals surface area contributed by atoms with Gasteiger partial charge in [0, 0.05) is 31.9 Å². The molecule has 2 heterocycles. The van der Waals surface area contributed by atoms with Crippen LogP contribution in [0.3, 0.4) is 0 Å². The summed E-state index contributed by atoms with van der Waals surface area (Å²) in [7, 11) is 3.51. The van der Waals surface area contributed by atoms with Crippen LogP contribution in [0, 0.1) is 17.0 Å². The SMILES string of the molecule is Cc1c(CN(C)C(=O)Cn2ccc([N+](=O)[O-])n2)cnn1C. The summed E-state index contributed by atoms with van der Waals surface area (Å²) in [6, 6.07) is 1.26. The van der Waals surface area contributed by atoms with Crippen LogP contribution in [0.15, 0.2) is 18.5 Å². The summed E-state index contributed by atoms with van der Waals surface area (Å²) < 4.78 is 3.00. The third kappa shape index (κ3) is 3.25. The summed E-state index contributed by atoms with van der Waals surface area (Å²) in [5, 5.41) is 18.4. The first-order valence-electron chi connectivity index (χ1n) is 6.27. The summed E-state index contributed by atoms with van der Waals surface area (Å²) in [6.07, 6.45) is 3.14. The van der Waals surface area contributed by atoms with Crippen LogP contribution in [0.2, 0.25) is 0 Å². The van der Waals surface area contributed by atoms with Crippen LogP contribution >= 0.6 is 0 Å². The van der Waals surface area contributed by atoms with Crippen LogP contribution in [0.4, 0.5) is 5.82 Å². The van der Waals surface area contributed by atoms with E-state index >= 15 is 0 Å². The number of amides is 1. The maximum Gasteiger partial charge on any atom is 0.389 e. The lowest BCUT2D eigenvalue weighted by Gasteiger charge is -2.16. The Labute approximate surface area is 120 Å². The molecule has 0 fully saturated rings. The molecular formula is C12H16N6O3. The fourth-order valence-electron chi connectivity index (χ4n) is 1.84. The van der Waals surface area contributed by atoms with E-state index in [1.54, 1.807) is 17.9 Å². The van der Waals surface area contributed by atoms with Crippen molar-refractivity contribution in [1.29, 1.82) is 0 Å². The number of hydrogen-bond donors (Lipinski definition) is 0. The standard InChI is InChI=1S/C12H16N6O3/c1-9-10(6-13-16(9)3)7-15(2)12(19)8-17-5-4-11(14-17)18(20)21/h4-6H,7-8H2,1-3H3. The van der Waals surface area contributed by atoms with Crippen LogP contribution in [0.25, 0.3) is 0 Å². The summed E-state index contributed by atoms with van der Waals surface area (Å²) in [4.78, 5) is 23.6. The smallest absolute Gasteiger partial charge is 0.358 e. The molecule has 9 heteroatoms. The van der Waals surface area contributed by atoms with Gasteiger partial charge >= 0.3 is 5.82 Å². The van der Waals surface area contributed by atoms with Crippen molar-refractivity contribution in [3.8, 4) is 0 Å². The van der Waals surface area contributed by atoms with Gasteiger partial charge in [-0.15, -0.1) is 0 Å². The topological polar surface area (TPSA) is 99.1 Å². The molecule has 0 N–H and O–H groups in total. The molecule has 0 unspecified atom stereocenters. The van der Waals surface area contributed by atoms with Crippen LogP contribution in [0.1, 0.15) is 11.3 Å². The number of nitro groups is 1. The van der Waals surface area contributed by atoms with E-state index in [0.29, 0.717) is 6.54 Å². The predicted molar refractivity (Wildman–Crippen MR) is 73.3 cm³/mol. The highest BCUT2D eigenvalue weighted by Crippen LogP contribution is 2.09. The van der Waals surface area contributed by atoms with Crippen molar-refractivity contribution in [3.63, 3.8) is 0 Å². The molecule has 0 aliphatic heterocycles. The van der Waals surface area contributed by atoms with E-state index in [1.807, 2.05) is 14.0 Å². The van der Waals surface area contributed by atoms with E-state index in [9.17, 15) is 14.9 Å². The van der Waals surface area contributed by atoms with Gasteiger partial charge < -0.3 is 15.0 Å². The van der Waals surface area contributed by atoms with E-state index < -0.39 is 4.92 Å². The molecule has 0 aliphatic carbocycles. The quantitative estimate of drug-likeness (QED) is 0.590. The molecule has 0 bridgehead atoms. The molecule has 0 saturated heterocycles. The molecule has 2 aromatic rings. The van der Waals surface area contributed by atoms with Gasteiger partial charge in [-0.1, -0.05) is 0 Å². The Morgan fingerprint density at radius 2 is 2.24 bits per heavy atom. The summed E-state index contributed by atoms with van der Waals surface area (Å²) in [5.74, 6) is -0.454. The Hall–Kier alpha value is -2.71. The molecule has 0 aliphatic rings. The first-order valence-corrected chi connectivity index (χ1v) is 6.27. The van der Waals surface area contributed by atoms with Gasteiger partial charge in [0.05, 0.1) is 23.6 Å².